The Hall–Kier alpha value is -1.27. The van der Waals surface area contributed by atoms with Gasteiger partial charge in [0.05, 0.1) is 23.3 Å². The van der Waals surface area contributed by atoms with Crippen LogP contribution in [-0.2, 0) is 12.7 Å². The summed E-state index contributed by atoms with van der Waals surface area (Å²) >= 11 is 7.09. The summed E-state index contributed by atoms with van der Waals surface area (Å²) in [4.78, 5) is 4.03. The molecule has 18 heavy (non-hydrogen) atoms. The molecular weight excluding hydrogens is 285 g/mol. The molecule has 0 aliphatic rings. The molecule has 2 aromatic rings. The van der Waals surface area contributed by atoms with E-state index in [0.717, 1.165) is 17.8 Å². The van der Waals surface area contributed by atoms with Crippen LogP contribution in [0.4, 0.5) is 18.9 Å². The number of hydrogen-bond acceptors (Lipinski definition) is 3. The summed E-state index contributed by atoms with van der Waals surface area (Å²) in [7, 11) is 0. The Kier molecular flexibility index (Phi) is 3.77. The molecule has 0 spiro atoms. The van der Waals surface area contributed by atoms with Gasteiger partial charge in [-0.15, -0.1) is 11.3 Å². The van der Waals surface area contributed by atoms with Gasteiger partial charge in [0.25, 0.3) is 0 Å². The molecule has 0 unspecified atom stereocenters. The zero-order valence-electron chi connectivity index (χ0n) is 8.96. The van der Waals surface area contributed by atoms with E-state index < -0.39 is 11.7 Å². The minimum absolute atomic E-state index is 0.0469. The quantitative estimate of drug-likeness (QED) is 0.905. The molecule has 0 radical (unpaired) electrons. The topological polar surface area (TPSA) is 24.9 Å². The first-order valence-electron chi connectivity index (χ1n) is 4.94. The fourth-order valence-electron chi connectivity index (χ4n) is 1.37. The number of hydrogen-bond donors (Lipinski definition) is 1. The molecule has 0 amide bonds. The number of aromatic nitrogens is 1. The number of nitrogens with zero attached hydrogens (tertiary/aromatic N) is 1. The summed E-state index contributed by atoms with van der Waals surface area (Å²) in [6, 6.07) is 3.37. The summed E-state index contributed by atoms with van der Waals surface area (Å²) in [6.07, 6.45) is -4.40. The lowest BCUT2D eigenvalue weighted by Crippen LogP contribution is -2.07. The van der Waals surface area contributed by atoms with Crippen molar-refractivity contribution >= 4 is 28.6 Å². The number of benzene rings is 1. The van der Waals surface area contributed by atoms with Crippen molar-refractivity contribution in [2.24, 2.45) is 0 Å². The zero-order chi connectivity index (χ0) is 13.2. The van der Waals surface area contributed by atoms with E-state index in [1.807, 2.05) is 5.38 Å². The first-order valence-corrected chi connectivity index (χ1v) is 6.26. The molecule has 2 nitrogen and oxygen atoms in total. The molecule has 7 heteroatoms. The summed E-state index contributed by atoms with van der Waals surface area (Å²) in [6.45, 7) is 0.362. The standard InChI is InChI=1S/C11H8ClF3N2S/c12-8-1-7(11(13,14)15)2-9(3-8)16-4-10-5-18-6-17-10/h1-3,5-6,16H,4H2. The molecule has 1 N–H and O–H groups in total. The van der Waals surface area contributed by atoms with Crippen molar-refractivity contribution in [1.82, 2.24) is 4.98 Å². The highest BCUT2D eigenvalue weighted by atomic mass is 35.5. The maximum atomic E-state index is 12.6. The van der Waals surface area contributed by atoms with E-state index in [1.54, 1.807) is 5.51 Å². The van der Waals surface area contributed by atoms with Gasteiger partial charge in [-0.1, -0.05) is 11.6 Å². The predicted octanol–water partition coefficient (Wildman–Crippen LogP) is 4.43. The van der Waals surface area contributed by atoms with Crippen molar-refractivity contribution in [3.05, 3.63) is 45.4 Å². The van der Waals surface area contributed by atoms with E-state index >= 15 is 0 Å². The summed E-state index contributed by atoms with van der Waals surface area (Å²) < 4.78 is 37.7. The van der Waals surface area contributed by atoms with E-state index in [-0.39, 0.29) is 5.02 Å². The molecule has 0 atom stereocenters. The predicted molar refractivity (Wildman–Crippen MR) is 65.9 cm³/mol. The molecule has 0 bridgehead atoms. The summed E-state index contributed by atoms with van der Waals surface area (Å²) in [5.74, 6) is 0. The van der Waals surface area contributed by atoms with Crippen LogP contribution in [0, 0.1) is 0 Å². The third-order valence-electron chi connectivity index (χ3n) is 2.18. The Bertz CT molecular complexity index is 526. The lowest BCUT2D eigenvalue weighted by molar-refractivity contribution is -0.137. The van der Waals surface area contributed by atoms with Crippen LogP contribution in [0.5, 0.6) is 0 Å². The smallest absolute Gasteiger partial charge is 0.379 e. The van der Waals surface area contributed by atoms with Crippen LogP contribution in [0.15, 0.2) is 29.1 Å². The van der Waals surface area contributed by atoms with Gasteiger partial charge in [-0.05, 0) is 18.2 Å². The van der Waals surface area contributed by atoms with Crippen LogP contribution < -0.4 is 5.32 Å². The SMILES string of the molecule is FC(F)(F)c1cc(Cl)cc(NCc2cscn2)c1. The molecule has 0 fully saturated rings. The molecule has 0 aliphatic carbocycles. The lowest BCUT2D eigenvalue weighted by Gasteiger charge is -2.11. The van der Waals surface area contributed by atoms with Crippen LogP contribution in [-0.4, -0.2) is 4.98 Å². The average molecular weight is 293 g/mol. The van der Waals surface area contributed by atoms with E-state index in [4.69, 9.17) is 11.6 Å². The van der Waals surface area contributed by atoms with Gasteiger partial charge in [-0.2, -0.15) is 13.2 Å². The van der Waals surface area contributed by atoms with Gasteiger partial charge >= 0.3 is 6.18 Å². The van der Waals surface area contributed by atoms with Gasteiger partial charge in [-0.25, -0.2) is 4.98 Å². The maximum absolute atomic E-state index is 12.6. The number of alkyl halides is 3. The van der Waals surface area contributed by atoms with E-state index in [0.29, 0.717) is 12.2 Å². The van der Waals surface area contributed by atoms with Crippen LogP contribution >= 0.6 is 22.9 Å². The molecular formula is C11H8ClF3N2S. The third-order valence-corrected chi connectivity index (χ3v) is 3.04. The second-order valence-electron chi connectivity index (χ2n) is 3.56. The zero-order valence-corrected chi connectivity index (χ0v) is 10.5. The number of nitrogens with one attached hydrogen (secondary N) is 1. The second kappa shape index (κ2) is 5.16. The minimum Gasteiger partial charge on any atom is -0.379 e. The van der Waals surface area contributed by atoms with E-state index in [2.05, 4.69) is 10.3 Å². The third kappa shape index (κ3) is 3.36. The Labute approximate surface area is 110 Å². The highest BCUT2D eigenvalue weighted by molar-refractivity contribution is 7.07. The average Bonchev–Trinajstić information content (AvgIpc) is 2.77. The molecule has 2 rings (SSSR count). The lowest BCUT2D eigenvalue weighted by atomic mass is 10.2. The monoisotopic (exact) mass is 292 g/mol. The minimum atomic E-state index is -4.40. The van der Waals surface area contributed by atoms with Crippen molar-refractivity contribution in [2.45, 2.75) is 12.7 Å². The van der Waals surface area contributed by atoms with Crippen LogP contribution in [0.25, 0.3) is 0 Å². The highest BCUT2D eigenvalue weighted by Crippen LogP contribution is 2.33. The fraction of sp³-hybridized carbons (Fsp3) is 0.182. The Morgan fingerprint density at radius 1 is 1.28 bits per heavy atom. The molecule has 0 saturated carbocycles. The molecule has 1 heterocycles. The normalized spacial score (nSPS) is 11.6. The Balaban J connectivity index is 2.15. The fourth-order valence-corrected chi connectivity index (χ4v) is 2.17. The highest BCUT2D eigenvalue weighted by Gasteiger charge is 2.31. The van der Waals surface area contributed by atoms with Gasteiger partial charge in [-0.3, -0.25) is 0 Å². The maximum Gasteiger partial charge on any atom is 0.416 e. The first-order chi connectivity index (χ1) is 8.45. The Morgan fingerprint density at radius 3 is 2.67 bits per heavy atom. The van der Waals surface area contributed by atoms with Gasteiger partial charge in [0, 0.05) is 16.1 Å². The van der Waals surface area contributed by atoms with Gasteiger partial charge in [0.1, 0.15) is 0 Å². The summed E-state index contributed by atoms with van der Waals surface area (Å²) in [5.41, 5.74) is 1.99. The number of anilines is 1. The van der Waals surface area contributed by atoms with Crippen molar-refractivity contribution in [2.75, 3.05) is 5.32 Å². The second-order valence-corrected chi connectivity index (χ2v) is 4.71. The van der Waals surface area contributed by atoms with Crippen LogP contribution in [0.2, 0.25) is 5.02 Å². The summed E-state index contributed by atoms with van der Waals surface area (Å²) in [5, 5.41) is 4.73. The van der Waals surface area contributed by atoms with Crippen molar-refractivity contribution in [3.63, 3.8) is 0 Å². The number of thiazole rings is 1. The van der Waals surface area contributed by atoms with E-state index in [9.17, 15) is 13.2 Å². The molecule has 0 saturated heterocycles. The Morgan fingerprint density at radius 2 is 2.06 bits per heavy atom. The van der Waals surface area contributed by atoms with Gasteiger partial charge in [0.2, 0.25) is 0 Å². The molecule has 0 aliphatic heterocycles. The molecule has 1 aromatic heterocycles. The molecule has 1 aromatic carbocycles. The number of halogens is 4. The molecule has 96 valence electrons. The largest absolute Gasteiger partial charge is 0.416 e. The van der Waals surface area contributed by atoms with Crippen LogP contribution in [0.3, 0.4) is 0 Å². The van der Waals surface area contributed by atoms with E-state index in [1.165, 1.54) is 17.4 Å². The van der Waals surface area contributed by atoms with Gasteiger partial charge < -0.3 is 5.32 Å². The van der Waals surface area contributed by atoms with Gasteiger partial charge in [0.15, 0.2) is 0 Å². The van der Waals surface area contributed by atoms with Crippen molar-refractivity contribution in [3.8, 4) is 0 Å². The number of rotatable bonds is 3. The van der Waals surface area contributed by atoms with Crippen molar-refractivity contribution < 1.29 is 13.2 Å². The van der Waals surface area contributed by atoms with Crippen LogP contribution in [0.1, 0.15) is 11.3 Å². The van der Waals surface area contributed by atoms with Crippen molar-refractivity contribution in [1.29, 1.82) is 0 Å². The first kappa shape index (κ1) is 13.2.